The monoisotopic (exact) mass is 276 g/mol. The molecule has 0 atom stereocenters. The van der Waals surface area contributed by atoms with E-state index in [1.54, 1.807) is 0 Å². The van der Waals surface area contributed by atoms with Crippen molar-refractivity contribution >= 4 is 18.3 Å². The summed E-state index contributed by atoms with van der Waals surface area (Å²) in [6.07, 6.45) is 7.54. The molecular weight excluding hydrogens is 248 g/mol. The van der Waals surface area contributed by atoms with Crippen LogP contribution in [0.3, 0.4) is 0 Å². The molecule has 1 heterocycles. The van der Waals surface area contributed by atoms with Crippen LogP contribution in [0.5, 0.6) is 0 Å². The molecule has 1 aliphatic heterocycles. The lowest BCUT2D eigenvalue weighted by atomic mass is 9.84. The molecule has 0 saturated carbocycles. The molecule has 3 nitrogen and oxygen atoms in total. The number of unbranched alkanes of at least 4 members (excludes halogenated alkanes) is 3. The molecule has 1 fully saturated rings. The summed E-state index contributed by atoms with van der Waals surface area (Å²) in [5.74, 6) is 0.352. The minimum absolute atomic E-state index is 0. The fourth-order valence-electron chi connectivity index (χ4n) is 2.57. The molecule has 0 aromatic rings. The van der Waals surface area contributed by atoms with Crippen LogP contribution in [0.15, 0.2) is 0 Å². The highest BCUT2D eigenvalue weighted by Gasteiger charge is 2.28. The zero-order chi connectivity index (χ0) is 12.7. The van der Waals surface area contributed by atoms with Crippen LogP contribution in [0.4, 0.5) is 0 Å². The van der Waals surface area contributed by atoms with E-state index in [1.807, 2.05) is 0 Å². The molecule has 1 rings (SSSR count). The van der Waals surface area contributed by atoms with E-state index in [4.69, 9.17) is 5.73 Å². The highest BCUT2D eigenvalue weighted by Crippen LogP contribution is 2.28. The maximum Gasteiger partial charge on any atom is 0.222 e. The molecule has 2 N–H and O–H groups in total. The molecule has 0 unspecified atom stereocenters. The van der Waals surface area contributed by atoms with Crippen molar-refractivity contribution < 1.29 is 4.79 Å². The Bertz CT molecular complexity index is 244. The minimum atomic E-state index is 0. The first-order valence-electron chi connectivity index (χ1n) is 7.03. The first-order chi connectivity index (χ1) is 8.05. The van der Waals surface area contributed by atoms with Gasteiger partial charge in [-0.15, -0.1) is 12.4 Å². The van der Waals surface area contributed by atoms with Gasteiger partial charge < -0.3 is 10.6 Å². The van der Waals surface area contributed by atoms with E-state index >= 15 is 0 Å². The highest BCUT2D eigenvalue weighted by molar-refractivity contribution is 5.85. The predicted molar refractivity (Wildman–Crippen MR) is 79.0 cm³/mol. The number of rotatable bonds is 6. The summed E-state index contributed by atoms with van der Waals surface area (Å²) in [4.78, 5) is 14.1. The van der Waals surface area contributed by atoms with Gasteiger partial charge >= 0.3 is 0 Å². The molecule has 0 spiro atoms. The van der Waals surface area contributed by atoms with Crippen LogP contribution in [0.25, 0.3) is 0 Å². The van der Waals surface area contributed by atoms with Gasteiger partial charge in [-0.2, -0.15) is 0 Å². The van der Waals surface area contributed by atoms with Gasteiger partial charge in [0.2, 0.25) is 5.91 Å². The summed E-state index contributed by atoms with van der Waals surface area (Å²) in [6, 6.07) is 0. The Morgan fingerprint density at radius 1 is 1.22 bits per heavy atom. The Morgan fingerprint density at radius 3 is 2.50 bits per heavy atom. The number of carbonyl (C=O) groups is 1. The molecule has 0 aromatic carbocycles. The second kappa shape index (κ2) is 8.76. The number of halogens is 1. The third kappa shape index (κ3) is 6.60. The lowest BCUT2D eigenvalue weighted by molar-refractivity contribution is -0.134. The minimum Gasteiger partial charge on any atom is -0.342 e. The van der Waals surface area contributed by atoms with Crippen LogP contribution in [0.1, 0.15) is 58.8 Å². The van der Waals surface area contributed by atoms with Crippen LogP contribution in [0, 0.1) is 5.41 Å². The van der Waals surface area contributed by atoms with Crippen molar-refractivity contribution in [1.82, 2.24) is 4.90 Å². The zero-order valence-electron chi connectivity index (χ0n) is 11.9. The van der Waals surface area contributed by atoms with Crippen molar-refractivity contribution in [2.75, 3.05) is 19.6 Å². The van der Waals surface area contributed by atoms with E-state index in [9.17, 15) is 4.79 Å². The largest absolute Gasteiger partial charge is 0.342 e. The van der Waals surface area contributed by atoms with E-state index in [0.29, 0.717) is 11.3 Å². The van der Waals surface area contributed by atoms with Crippen LogP contribution < -0.4 is 5.73 Å². The van der Waals surface area contributed by atoms with Crippen molar-refractivity contribution in [3.8, 4) is 0 Å². The third-order valence-electron chi connectivity index (χ3n) is 3.60. The summed E-state index contributed by atoms with van der Waals surface area (Å²) >= 11 is 0. The summed E-state index contributed by atoms with van der Waals surface area (Å²) in [7, 11) is 0. The predicted octanol–water partition coefficient (Wildman–Crippen LogP) is 2.97. The molecule has 0 bridgehead atoms. The van der Waals surface area contributed by atoms with Gasteiger partial charge in [-0.1, -0.05) is 26.7 Å². The van der Waals surface area contributed by atoms with Gasteiger partial charge in [-0.05, 0) is 37.6 Å². The SMILES string of the molecule is CC1(C)CCCN(C(=O)CCCCCCN)C1.Cl. The first kappa shape index (κ1) is 17.7. The number of nitrogens with zero attached hydrogens (tertiary/aromatic N) is 1. The fourth-order valence-corrected chi connectivity index (χ4v) is 2.57. The molecular formula is C14H29ClN2O. The Kier molecular flexibility index (Phi) is 8.62. The molecule has 108 valence electrons. The van der Waals surface area contributed by atoms with Gasteiger partial charge in [0.25, 0.3) is 0 Å². The molecule has 4 heteroatoms. The molecule has 1 aliphatic rings. The third-order valence-corrected chi connectivity index (χ3v) is 3.60. The summed E-state index contributed by atoms with van der Waals surface area (Å²) in [5, 5.41) is 0. The van der Waals surface area contributed by atoms with E-state index in [1.165, 1.54) is 6.42 Å². The van der Waals surface area contributed by atoms with Crippen LogP contribution >= 0.6 is 12.4 Å². The normalized spacial score (nSPS) is 18.3. The Morgan fingerprint density at radius 2 is 1.89 bits per heavy atom. The van der Waals surface area contributed by atoms with E-state index in [2.05, 4.69) is 18.7 Å². The topological polar surface area (TPSA) is 46.3 Å². The quantitative estimate of drug-likeness (QED) is 0.758. The highest BCUT2D eigenvalue weighted by atomic mass is 35.5. The van der Waals surface area contributed by atoms with Gasteiger partial charge in [-0.3, -0.25) is 4.79 Å². The second-order valence-electron chi connectivity index (χ2n) is 6.04. The average molecular weight is 277 g/mol. The van der Waals surface area contributed by atoms with Gasteiger partial charge in [-0.25, -0.2) is 0 Å². The van der Waals surface area contributed by atoms with Crippen LogP contribution in [0.2, 0.25) is 0 Å². The Balaban J connectivity index is 0.00000289. The number of piperidine rings is 1. The lowest BCUT2D eigenvalue weighted by Crippen LogP contribution is -2.43. The second-order valence-corrected chi connectivity index (χ2v) is 6.04. The summed E-state index contributed by atoms with van der Waals surface area (Å²) in [5.41, 5.74) is 5.76. The summed E-state index contributed by atoms with van der Waals surface area (Å²) < 4.78 is 0. The number of carbonyl (C=O) groups excluding carboxylic acids is 1. The zero-order valence-corrected chi connectivity index (χ0v) is 12.7. The fraction of sp³-hybridized carbons (Fsp3) is 0.929. The van der Waals surface area contributed by atoms with Crippen molar-refractivity contribution in [3.05, 3.63) is 0 Å². The number of amides is 1. The molecule has 0 aromatic heterocycles. The first-order valence-corrected chi connectivity index (χ1v) is 7.03. The van der Waals surface area contributed by atoms with Gasteiger partial charge in [0.1, 0.15) is 0 Å². The average Bonchev–Trinajstić information content (AvgIpc) is 2.27. The Labute approximate surface area is 118 Å². The lowest BCUT2D eigenvalue weighted by Gasteiger charge is -2.38. The molecule has 1 saturated heterocycles. The molecule has 1 amide bonds. The van der Waals surface area contributed by atoms with Crippen molar-refractivity contribution in [2.24, 2.45) is 11.1 Å². The van der Waals surface area contributed by atoms with Crippen molar-refractivity contribution in [3.63, 3.8) is 0 Å². The van der Waals surface area contributed by atoms with Gasteiger partial charge in [0, 0.05) is 19.5 Å². The van der Waals surface area contributed by atoms with Gasteiger partial charge in [0.15, 0.2) is 0 Å². The Hall–Kier alpha value is -0.280. The number of hydrogen-bond acceptors (Lipinski definition) is 2. The maximum absolute atomic E-state index is 12.0. The standard InChI is InChI=1S/C14H28N2O.ClH/c1-14(2)9-7-11-16(12-14)13(17)8-5-3-4-6-10-15;/h3-12,15H2,1-2H3;1H. The number of nitrogens with two attached hydrogens (primary N) is 1. The van der Waals surface area contributed by atoms with E-state index in [0.717, 1.165) is 58.2 Å². The van der Waals surface area contributed by atoms with Crippen LogP contribution in [-0.4, -0.2) is 30.4 Å². The van der Waals surface area contributed by atoms with Crippen LogP contribution in [-0.2, 0) is 4.79 Å². The maximum atomic E-state index is 12.0. The van der Waals surface area contributed by atoms with Gasteiger partial charge in [0.05, 0.1) is 0 Å². The van der Waals surface area contributed by atoms with Crippen molar-refractivity contribution in [1.29, 1.82) is 0 Å². The van der Waals surface area contributed by atoms with E-state index < -0.39 is 0 Å². The molecule has 0 aliphatic carbocycles. The van der Waals surface area contributed by atoms with Crippen molar-refractivity contribution in [2.45, 2.75) is 58.8 Å². The number of likely N-dealkylation sites (tertiary alicyclic amines) is 1. The van der Waals surface area contributed by atoms with E-state index in [-0.39, 0.29) is 12.4 Å². The summed E-state index contributed by atoms with van der Waals surface area (Å²) in [6.45, 7) is 7.19. The molecule has 18 heavy (non-hydrogen) atoms. The smallest absolute Gasteiger partial charge is 0.222 e. The molecule has 0 radical (unpaired) electrons. The number of hydrogen-bond donors (Lipinski definition) is 1.